The van der Waals surface area contributed by atoms with E-state index in [1.54, 1.807) is 0 Å². The molecule has 0 N–H and O–H groups in total. The minimum absolute atomic E-state index is 0.0516. The highest BCUT2D eigenvalue weighted by atomic mass is 127. The maximum absolute atomic E-state index is 13.1. The number of Topliss-reactive ketones (excluding diaryl/α,β-unsaturated/α-hetero) is 2. The second kappa shape index (κ2) is 4.77. The fraction of sp³-hybridized carbons (Fsp3) is 0.765. The Bertz CT molecular complexity index is 704. The summed E-state index contributed by atoms with van der Waals surface area (Å²) < 4.78 is 9.58. The van der Waals surface area contributed by atoms with Gasteiger partial charge in [0.25, 0.3) is 0 Å². The number of carbonyl (C=O) groups excluding carboxylic acids is 4. The third-order valence-electron chi connectivity index (χ3n) is 7.85. The van der Waals surface area contributed by atoms with Gasteiger partial charge in [0, 0.05) is 11.8 Å². The highest BCUT2D eigenvalue weighted by Crippen LogP contribution is 2.85. The van der Waals surface area contributed by atoms with Crippen molar-refractivity contribution < 1.29 is 28.7 Å². The molecule has 6 saturated carbocycles. The summed E-state index contributed by atoms with van der Waals surface area (Å²) in [6.45, 7) is 0. The van der Waals surface area contributed by atoms with Crippen LogP contribution in [0.25, 0.3) is 0 Å². The number of rotatable bonds is 2. The molecule has 8 heteroatoms. The number of halogens is 2. The Labute approximate surface area is 171 Å². The summed E-state index contributed by atoms with van der Waals surface area (Å²) in [5.41, 5.74) is -2.11. The van der Waals surface area contributed by atoms with E-state index in [1.165, 1.54) is 14.2 Å². The normalized spacial score (nSPS) is 56.6. The summed E-state index contributed by atoms with van der Waals surface area (Å²) in [6, 6.07) is 0. The molecule has 6 nitrogen and oxygen atoms in total. The van der Waals surface area contributed by atoms with Gasteiger partial charge in [0.1, 0.15) is 0 Å². The minimum Gasteiger partial charge on any atom is -0.469 e. The van der Waals surface area contributed by atoms with Gasteiger partial charge >= 0.3 is 11.9 Å². The molecule has 0 saturated heterocycles. The lowest BCUT2D eigenvalue weighted by molar-refractivity contribution is -0.180. The van der Waals surface area contributed by atoms with E-state index in [9.17, 15) is 19.2 Å². The lowest BCUT2D eigenvalue weighted by Gasteiger charge is -2.48. The van der Waals surface area contributed by atoms with Crippen molar-refractivity contribution in [3.05, 3.63) is 0 Å². The van der Waals surface area contributed by atoms with Crippen LogP contribution in [0.15, 0.2) is 0 Å². The van der Waals surface area contributed by atoms with Crippen molar-refractivity contribution in [3.63, 3.8) is 0 Å². The van der Waals surface area contributed by atoms with E-state index in [4.69, 9.17) is 9.47 Å². The molecule has 0 spiro atoms. The molecule has 8 bridgehead atoms. The summed E-state index contributed by atoms with van der Waals surface area (Å²) in [4.78, 5) is 52.2. The molecule has 134 valence electrons. The summed E-state index contributed by atoms with van der Waals surface area (Å²) in [5, 5.41) is 0. The van der Waals surface area contributed by atoms with Crippen molar-refractivity contribution in [1.29, 1.82) is 0 Å². The highest BCUT2D eigenvalue weighted by molar-refractivity contribution is 14.1. The zero-order valence-corrected chi connectivity index (χ0v) is 17.8. The molecule has 0 aromatic rings. The SMILES string of the molecule is COC(=O)[C@@]12C[C@]3(C(=O)OC)[C@@H]4[C@@H]([C@@H]5[C@@H]1[C@H](I)C(=O)[C@@H]53)[C@H]2C(=O)[C@H]4I. The van der Waals surface area contributed by atoms with E-state index in [-0.39, 0.29) is 49.5 Å². The maximum atomic E-state index is 13.1. The average Bonchev–Trinajstić information content (AvgIpc) is 3.15. The zero-order chi connectivity index (χ0) is 18.0. The van der Waals surface area contributed by atoms with Gasteiger partial charge < -0.3 is 9.47 Å². The third kappa shape index (κ3) is 1.39. The molecular formula is C17H16I2O6. The first-order chi connectivity index (χ1) is 11.8. The van der Waals surface area contributed by atoms with Gasteiger partial charge in [0.15, 0.2) is 11.6 Å². The van der Waals surface area contributed by atoms with E-state index in [2.05, 4.69) is 45.2 Å². The van der Waals surface area contributed by atoms with Crippen LogP contribution in [0.3, 0.4) is 0 Å². The summed E-state index contributed by atoms with van der Waals surface area (Å²) in [7, 11) is 2.65. The number of ether oxygens (including phenoxy) is 2. The molecule has 0 aromatic heterocycles. The van der Waals surface area contributed by atoms with Crippen LogP contribution in [0.1, 0.15) is 6.42 Å². The second-order valence-corrected chi connectivity index (χ2v) is 10.7. The van der Waals surface area contributed by atoms with E-state index in [0.717, 1.165) is 0 Å². The van der Waals surface area contributed by atoms with Crippen LogP contribution in [-0.4, -0.2) is 45.6 Å². The molecule has 0 heterocycles. The Kier molecular flexibility index (Phi) is 3.22. The predicted molar refractivity (Wildman–Crippen MR) is 100 cm³/mol. The lowest BCUT2D eigenvalue weighted by Crippen LogP contribution is -2.56. The molecule has 0 aliphatic heterocycles. The molecule has 6 aliphatic carbocycles. The molecule has 0 aromatic carbocycles. The van der Waals surface area contributed by atoms with Gasteiger partial charge in [-0.15, -0.1) is 0 Å². The summed E-state index contributed by atoms with van der Waals surface area (Å²) in [6.07, 6.45) is 0.216. The molecule has 6 rings (SSSR count). The number of carbonyl (C=O) groups is 4. The number of hydrogen-bond acceptors (Lipinski definition) is 6. The Morgan fingerprint density at radius 2 is 1.24 bits per heavy atom. The number of esters is 2. The molecule has 0 radical (unpaired) electrons. The Morgan fingerprint density at radius 1 is 0.880 bits per heavy atom. The van der Waals surface area contributed by atoms with Crippen LogP contribution < -0.4 is 0 Å². The van der Waals surface area contributed by atoms with Crippen LogP contribution in [0.4, 0.5) is 0 Å². The Balaban J connectivity index is 1.85. The van der Waals surface area contributed by atoms with E-state index < -0.39 is 34.6 Å². The fourth-order valence-electron chi connectivity index (χ4n) is 7.61. The van der Waals surface area contributed by atoms with Crippen molar-refractivity contribution >= 4 is 68.7 Å². The largest absolute Gasteiger partial charge is 0.469 e. The highest BCUT2D eigenvalue weighted by Gasteiger charge is 2.92. The molecule has 25 heavy (non-hydrogen) atoms. The van der Waals surface area contributed by atoms with Crippen LogP contribution in [0, 0.1) is 46.3 Å². The van der Waals surface area contributed by atoms with Gasteiger partial charge in [-0.2, -0.15) is 0 Å². The maximum Gasteiger partial charge on any atom is 0.312 e. The quantitative estimate of drug-likeness (QED) is 0.282. The number of methoxy groups -OCH3 is 2. The van der Waals surface area contributed by atoms with E-state index in [0.29, 0.717) is 0 Å². The summed E-state index contributed by atoms with van der Waals surface area (Å²) >= 11 is 4.22. The number of alkyl halides is 2. The van der Waals surface area contributed by atoms with Gasteiger partial charge in [0.2, 0.25) is 0 Å². The van der Waals surface area contributed by atoms with E-state index in [1.807, 2.05) is 0 Å². The molecule has 0 unspecified atom stereocenters. The molecule has 6 fully saturated rings. The monoisotopic (exact) mass is 570 g/mol. The zero-order valence-electron chi connectivity index (χ0n) is 13.5. The Morgan fingerprint density at radius 3 is 1.56 bits per heavy atom. The van der Waals surface area contributed by atoms with Gasteiger partial charge in [-0.25, -0.2) is 0 Å². The van der Waals surface area contributed by atoms with Gasteiger partial charge in [-0.05, 0) is 30.1 Å². The van der Waals surface area contributed by atoms with Gasteiger partial charge in [-0.3, -0.25) is 19.2 Å². The van der Waals surface area contributed by atoms with Crippen LogP contribution >= 0.6 is 45.2 Å². The molecule has 0 amide bonds. The van der Waals surface area contributed by atoms with Gasteiger partial charge in [-0.1, -0.05) is 45.2 Å². The van der Waals surface area contributed by atoms with Crippen molar-refractivity contribution in [2.75, 3.05) is 14.2 Å². The minimum atomic E-state index is -1.06. The number of ketones is 2. The van der Waals surface area contributed by atoms with Crippen molar-refractivity contribution in [1.82, 2.24) is 0 Å². The molecular weight excluding hydrogens is 554 g/mol. The number of hydrogen-bond donors (Lipinski definition) is 0. The van der Waals surface area contributed by atoms with Crippen molar-refractivity contribution in [2.24, 2.45) is 46.3 Å². The Hall–Kier alpha value is -0.260. The van der Waals surface area contributed by atoms with Crippen LogP contribution in [0.2, 0.25) is 0 Å². The molecule has 10 atom stereocenters. The first kappa shape index (κ1) is 16.9. The fourth-order valence-corrected chi connectivity index (χ4v) is 10.6. The first-order valence-corrected chi connectivity index (χ1v) is 10.8. The van der Waals surface area contributed by atoms with E-state index >= 15 is 0 Å². The van der Waals surface area contributed by atoms with Crippen LogP contribution in [0.5, 0.6) is 0 Å². The topological polar surface area (TPSA) is 86.7 Å². The predicted octanol–water partition coefficient (Wildman–Crippen LogP) is 1.21. The smallest absolute Gasteiger partial charge is 0.312 e. The average molecular weight is 570 g/mol. The standard InChI is InChI=1S/C17H16I2O6/c1-24-14(22)16-3-17(15(23)25-2)7-5(8(16)12(20)11(7)19)4-6(16)10(18)13(21)9(4)17/h4-11H,3H2,1-2H3/t4-,5-,6-,7-,8-,9+,10+,11+,16+,17+/m1/s1. The van der Waals surface area contributed by atoms with Crippen LogP contribution in [-0.2, 0) is 28.7 Å². The third-order valence-corrected chi connectivity index (χ3v) is 10.6. The first-order valence-electron chi connectivity index (χ1n) is 8.33. The lowest BCUT2D eigenvalue weighted by atomic mass is 9.53. The second-order valence-electron chi connectivity index (χ2n) is 8.01. The van der Waals surface area contributed by atoms with Crippen molar-refractivity contribution in [2.45, 2.75) is 14.3 Å². The summed E-state index contributed by atoms with van der Waals surface area (Å²) in [5.74, 6) is -2.19. The molecule has 6 aliphatic rings. The van der Waals surface area contributed by atoms with Crippen molar-refractivity contribution in [3.8, 4) is 0 Å². The van der Waals surface area contributed by atoms with Gasteiger partial charge in [0.05, 0.1) is 32.9 Å².